The van der Waals surface area contributed by atoms with Crippen molar-refractivity contribution in [1.82, 2.24) is 15.4 Å². The summed E-state index contributed by atoms with van der Waals surface area (Å²) in [5.41, 5.74) is 2.06. The van der Waals surface area contributed by atoms with Crippen molar-refractivity contribution in [3.05, 3.63) is 46.6 Å². The van der Waals surface area contributed by atoms with Gasteiger partial charge in [0.1, 0.15) is 5.01 Å². The van der Waals surface area contributed by atoms with Gasteiger partial charge in [0.25, 0.3) is 0 Å². The highest BCUT2D eigenvalue weighted by atomic mass is 32.1. The molecule has 9 heteroatoms. The maximum atomic E-state index is 12.9. The molecular formula is C20H22N4O4S. The minimum Gasteiger partial charge on any atom is -0.469 e. The monoisotopic (exact) mass is 414 g/mol. The van der Waals surface area contributed by atoms with Crippen LogP contribution in [0, 0.1) is 13.8 Å². The second kappa shape index (κ2) is 8.95. The number of rotatable bonds is 7. The normalized spacial score (nSPS) is 11.9. The number of para-hydroxylation sites is 1. The van der Waals surface area contributed by atoms with Gasteiger partial charge in [-0.25, -0.2) is 0 Å². The number of hydrogen-bond donors (Lipinski definition) is 0. The summed E-state index contributed by atoms with van der Waals surface area (Å²) in [5, 5.41) is 13.7. The van der Waals surface area contributed by atoms with E-state index in [2.05, 4.69) is 15.4 Å². The van der Waals surface area contributed by atoms with Gasteiger partial charge in [0.15, 0.2) is 5.01 Å². The number of amides is 1. The Bertz CT molecular complexity index is 999. The molecule has 0 aliphatic heterocycles. The molecule has 8 nitrogen and oxygen atoms in total. The van der Waals surface area contributed by atoms with Crippen molar-refractivity contribution in [2.45, 2.75) is 32.6 Å². The number of nitrogens with zero attached hydrogens (tertiary/aromatic N) is 4. The molecule has 1 atom stereocenters. The molecule has 3 rings (SSSR count). The molecule has 0 N–H and O–H groups in total. The smallest absolute Gasteiger partial charge is 0.306 e. The topological polar surface area (TPSA) is 98.4 Å². The van der Waals surface area contributed by atoms with E-state index in [1.807, 2.05) is 44.2 Å². The Morgan fingerprint density at radius 3 is 2.52 bits per heavy atom. The number of hydrogen-bond acceptors (Lipinski definition) is 8. The molecule has 0 fully saturated rings. The van der Waals surface area contributed by atoms with Crippen LogP contribution in [0.1, 0.15) is 35.0 Å². The summed E-state index contributed by atoms with van der Waals surface area (Å²) >= 11 is 1.39. The third-order valence-corrected chi connectivity index (χ3v) is 5.48. The van der Waals surface area contributed by atoms with Crippen LogP contribution in [-0.4, -0.2) is 41.4 Å². The number of ether oxygens (including phenoxy) is 1. The van der Waals surface area contributed by atoms with E-state index in [1.165, 1.54) is 18.4 Å². The van der Waals surface area contributed by atoms with Crippen molar-refractivity contribution < 1.29 is 18.8 Å². The van der Waals surface area contributed by atoms with Crippen molar-refractivity contribution >= 4 is 28.9 Å². The predicted octanol–water partition coefficient (Wildman–Crippen LogP) is 3.51. The Kier molecular flexibility index (Phi) is 6.38. The molecule has 0 saturated heterocycles. The number of carbonyl (C=O) groups is 2. The lowest BCUT2D eigenvalue weighted by molar-refractivity contribution is -0.141. The number of aryl methyl sites for hydroxylation is 1. The lowest BCUT2D eigenvalue weighted by atomic mass is 9.93. The molecule has 2 aromatic heterocycles. The summed E-state index contributed by atoms with van der Waals surface area (Å²) in [7, 11) is 3.03. The van der Waals surface area contributed by atoms with E-state index in [0.29, 0.717) is 16.5 Å². The van der Waals surface area contributed by atoms with Gasteiger partial charge in [0.05, 0.1) is 19.2 Å². The van der Waals surface area contributed by atoms with Gasteiger partial charge in [0.2, 0.25) is 11.7 Å². The number of carbonyl (C=O) groups excluding carboxylic acids is 2. The highest BCUT2D eigenvalue weighted by molar-refractivity contribution is 7.14. The van der Waals surface area contributed by atoms with E-state index >= 15 is 0 Å². The molecule has 0 unspecified atom stereocenters. The molecule has 1 aromatic carbocycles. The van der Waals surface area contributed by atoms with Gasteiger partial charge in [-0.15, -0.1) is 10.2 Å². The molecule has 0 spiro atoms. The largest absolute Gasteiger partial charge is 0.469 e. The average molecular weight is 414 g/mol. The Labute approximate surface area is 172 Å². The van der Waals surface area contributed by atoms with Crippen LogP contribution in [-0.2, 0) is 14.3 Å². The highest BCUT2D eigenvalue weighted by Gasteiger charge is 2.29. The Morgan fingerprint density at radius 2 is 1.90 bits per heavy atom. The average Bonchev–Trinajstić information content (AvgIpc) is 3.32. The van der Waals surface area contributed by atoms with Crippen molar-refractivity contribution in [3.63, 3.8) is 0 Å². The summed E-state index contributed by atoms with van der Waals surface area (Å²) in [4.78, 5) is 26.4. The second-order valence-corrected chi connectivity index (χ2v) is 7.80. The van der Waals surface area contributed by atoms with Gasteiger partial charge >= 0.3 is 5.97 Å². The van der Waals surface area contributed by atoms with Crippen LogP contribution in [0.5, 0.6) is 0 Å². The summed E-state index contributed by atoms with van der Waals surface area (Å²) in [6.07, 6.45) is 0.106. The van der Waals surface area contributed by atoms with Gasteiger partial charge in [-0.1, -0.05) is 34.7 Å². The minimum atomic E-state index is -0.479. The van der Waals surface area contributed by atoms with Crippen LogP contribution in [0.25, 0.3) is 10.8 Å². The zero-order chi connectivity index (χ0) is 21.0. The third-order valence-electron chi connectivity index (χ3n) is 4.65. The summed E-state index contributed by atoms with van der Waals surface area (Å²) in [6.45, 7) is 3.69. The summed E-state index contributed by atoms with van der Waals surface area (Å²) < 4.78 is 10.3. The first kappa shape index (κ1) is 20.7. The molecule has 0 radical (unpaired) electrons. The molecule has 1 amide bonds. The quantitative estimate of drug-likeness (QED) is 0.546. The molecular weight excluding hydrogens is 392 g/mol. The van der Waals surface area contributed by atoms with E-state index in [4.69, 9.17) is 9.26 Å². The molecule has 0 aliphatic carbocycles. The highest BCUT2D eigenvalue weighted by Crippen LogP contribution is 2.34. The van der Waals surface area contributed by atoms with Gasteiger partial charge in [-0.3, -0.25) is 9.59 Å². The van der Waals surface area contributed by atoms with Crippen molar-refractivity contribution in [2.75, 3.05) is 19.1 Å². The fourth-order valence-corrected chi connectivity index (χ4v) is 3.74. The first-order chi connectivity index (χ1) is 13.9. The SMILES string of the molecule is COC(=O)C[C@@H](CC(=O)N(C)c1ccccc1)c1noc(-c2nnc(C)s2)c1C. The van der Waals surface area contributed by atoms with Crippen LogP contribution in [0.2, 0.25) is 0 Å². The number of anilines is 1. The Morgan fingerprint density at radius 1 is 1.17 bits per heavy atom. The molecule has 29 heavy (non-hydrogen) atoms. The van der Waals surface area contributed by atoms with Gasteiger partial charge < -0.3 is 14.2 Å². The van der Waals surface area contributed by atoms with Gasteiger partial charge in [0, 0.05) is 30.6 Å². The molecule has 152 valence electrons. The zero-order valence-electron chi connectivity index (χ0n) is 16.7. The fraction of sp³-hybridized carbons (Fsp3) is 0.350. The number of methoxy groups -OCH3 is 1. The van der Waals surface area contributed by atoms with Crippen LogP contribution in [0.3, 0.4) is 0 Å². The zero-order valence-corrected chi connectivity index (χ0v) is 17.5. The van der Waals surface area contributed by atoms with Crippen molar-refractivity contribution in [2.24, 2.45) is 0 Å². The maximum Gasteiger partial charge on any atom is 0.306 e. The molecule has 3 aromatic rings. The van der Waals surface area contributed by atoms with Crippen molar-refractivity contribution in [3.8, 4) is 10.8 Å². The standard InChI is InChI=1S/C20H22N4O4S/c1-12-18(23-28-19(12)20-22-21-13(2)29-20)14(11-17(26)27-4)10-16(25)24(3)15-8-6-5-7-9-15/h5-9,14H,10-11H2,1-4H3/t14-/m1/s1. The van der Waals surface area contributed by atoms with Crippen LogP contribution >= 0.6 is 11.3 Å². The van der Waals surface area contributed by atoms with E-state index in [0.717, 1.165) is 16.3 Å². The molecule has 0 bridgehead atoms. The molecule has 2 heterocycles. The van der Waals surface area contributed by atoms with E-state index in [9.17, 15) is 9.59 Å². The van der Waals surface area contributed by atoms with Gasteiger partial charge in [-0.05, 0) is 26.0 Å². The van der Waals surface area contributed by atoms with E-state index in [1.54, 1.807) is 11.9 Å². The second-order valence-electron chi connectivity index (χ2n) is 6.62. The minimum absolute atomic E-state index is 0.0207. The lowest BCUT2D eigenvalue weighted by Crippen LogP contribution is -2.28. The number of aromatic nitrogens is 3. The Balaban J connectivity index is 1.87. The lowest BCUT2D eigenvalue weighted by Gasteiger charge is -2.20. The van der Waals surface area contributed by atoms with E-state index in [-0.39, 0.29) is 18.7 Å². The van der Waals surface area contributed by atoms with Crippen molar-refractivity contribution in [1.29, 1.82) is 0 Å². The number of esters is 1. The van der Waals surface area contributed by atoms with Crippen LogP contribution < -0.4 is 4.90 Å². The molecule has 0 saturated carbocycles. The fourth-order valence-electron chi connectivity index (χ4n) is 3.01. The van der Waals surface area contributed by atoms with E-state index < -0.39 is 11.9 Å². The first-order valence-corrected chi connectivity index (χ1v) is 9.87. The third kappa shape index (κ3) is 4.68. The van der Waals surface area contributed by atoms with Gasteiger partial charge in [-0.2, -0.15) is 0 Å². The predicted molar refractivity (Wildman–Crippen MR) is 109 cm³/mol. The summed E-state index contributed by atoms with van der Waals surface area (Å²) in [6, 6.07) is 9.32. The number of benzene rings is 1. The maximum absolute atomic E-state index is 12.9. The van der Waals surface area contributed by atoms with Crippen LogP contribution in [0.15, 0.2) is 34.9 Å². The van der Waals surface area contributed by atoms with Crippen LogP contribution in [0.4, 0.5) is 5.69 Å². The Hall–Kier alpha value is -3.07. The first-order valence-electron chi connectivity index (χ1n) is 9.05. The summed E-state index contributed by atoms with van der Waals surface area (Å²) in [5.74, 6) is -0.529. The molecule has 0 aliphatic rings.